The molecule has 3 aromatic rings. The number of furan rings is 1. The van der Waals surface area contributed by atoms with Crippen LogP contribution in [0.1, 0.15) is 21.9 Å². The number of nitrogens with zero attached hydrogens (tertiary/aromatic N) is 1. The van der Waals surface area contributed by atoms with Crippen molar-refractivity contribution in [1.29, 1.82) is 0 Å². The minimum absolute atomic E-state index is 0.374. The van der Waals surface area contributed by atoms with Gasteiger partial charge in [-0.1, -0.05) is 36.0 Å². The average molecular weight is 313 g/mol. The van der Waals surface area contributed by atoms with Crippen molar-refractivity contribution in [3.05, 3.63) is 59.5 Å². The normalized spacial score (nSPS) is 10.8. The number of benzene rings is 1. The van der Waals surface area contributed by atoms with E-state index in [1.165, 1.54) is 7.11 Å². The van der Waals surface area contributed by atoms with Crippen LogP contribution in [-0.2, 0) is 10.5 Å². The summed E-state index contributed by atoms with van der Waals surface area (Å²) in [6.07, 6.45) is 0. The van der Waals surface area contributed by atoms with E-state index in [0.717, 1.165) is 21.7 Å². The van der Waals surface area contributed by atoms with Gasteiger partial charge in [0.2, 0.25) is 0 Å². The molecule has 0 radical (unpaired) electrons. The molecule has 5 heteroatoms. The molecule has 2 heterocycles. The van der Waals surface area contributed by atoms with Gasteiger partial charge in [0, 0.05) is 5.39 Å². The zero-order valence-electron chi connectivity index (χ0n) is 12.3. The van der Waals surface area contributed by atoms with Gasteiger partial charge in [0.15, 0.2) is 0 Å². The summed E-state index contributed by atoms with van der Waals surface area (Å²) in [6, 6.07) is 13.8. The predicted molar refractivity (Wildman–Crippen MR) is 86.1 cm³/mol. The van der Waals surface area contributed by atoms with E-state index in [4.69, 9.17) is 9.15 Å². The number of para-hydroxylation sites is 1. The second kappa shape index (κ2) is 6.23. The molecule has 4 nitrogen and oxygen atoms in total. The highest BCUT2D eigenvalue weighted by Crippen LogP contribution is 2.26. The van der Waals surface area contributed by atoms with E-state index in [-0.39, 0.29) is 5.97 Å². The van der Waals surface area contributed by atoms with E-state index < -0.39 is 0 Å². The molecule has 0 saturated carbocycles. The molecule has 3 rings (SSSR count). The van der Waals surface area contributed by atoms with Gasteiger partial charge in [-0.3, -0.25) is 0 Å². The largest absolute Gasteiger partial charge is 0.465 e. The highest BCUT2D eigenvalue weighted by atomic mass is 32.2. The van der Waals surface area contributed by atoms with Gasteiger partial charge in [0.05, 0.1) is 23.4 Å². The number of carbonyl (C=O) groups excluding carboxylic acids is 1. The number of ether oxygens (including phenoxy) is 1. The van der Waals surface area contributed by atoms with Crippen LogP contribution in [0.5, 0.6) is 0 Å². The van der Waals surface area contributed by atoms with Crippen LogP contribution >= 0.6 is 11.8 Å². The number of hydrogen-bond acceptors (Lipinski definition) is 5. The van der Waals surface area contributed by atoms with Gasteiger partial charge in [0.1, 0.15) is 17.1 Å². The Morgan fingerprint density at radius 2 is 2.09 bits per heavy atom. The third-order valence-corrected chi connectivity index (χ3v) is 4.26. The minimum atomic E-state index is -0.374. The zero-order valence-corrected chi connectivity index (χ0v) is 13.1. The molecule has 0 aliphatic carbocycles. The molecule has 0 amide bonds. The first kappa shape index (κ1) is 14.7. The van der Waals surface area contributed by atoms with Crippen molar-refractivity contribution >= 4 is 28.6 Å². The molecule has 1 aromatic carbocycles. The minimum Gasteiger partial charge on any atom is -0.465 e. The monoisotopic (exact) mass is 313 g/mol. The number of rotatable bonds is 4. The number of fused-ring (bicyclic) bond motifs is 1. The van der Waals surface area contributed by atoms with Gasteiger partial charge >= 0.3 is 5.97 Å². The maximum Gasteiger partial charge on any atom is 0.341 e. The quantitative estimate of drug-likeness (QED) is 0.533. The lowest BCUT2D eigenvalue weighted by Gasteiger charge is -2.01. The van der Waals surface area contributed by atoms with Gasteiger partial charge in [-0.25, -0.2) is 9.78 Å². The average Bonchev–Trinajstić information content (AvgIpc) is 2.93. The highest BCUT2D eigenvalue weighted by Gasteiger charge is 2.15. The summed E-state index contributed by atoms with van der Waals surface area (Å²) in [6.45, 7) is 1.76. The van der Waals surface area contributed by atoms with Crippen molar-refractivity contribution in [2.45, 2.75) is 17.7 Å². The van der Waals surface area contributed by atoms with Crippen LogP contribution in [0.3, 0.4) is 0 Å². The van der Waals surface area contributed by atoms with Crippen LogP contribution in [0.15, 0.2) is 51.9 Å². The van der Waals surface area contributed by atoms with Gasteiger partial charge < -0.3 is 9.15 Å². The van der Waals surface area contributed by atoms with Crippen LogP contribution in [-0.4, -0.2) is 18.1 Å². The Morgan fingerprint density at radius 3 is 2.91 bits per heavy atom. The second-order valence-electron chi connectivity index (χ2n) is 4.81. The van der Waals surface area contributed by atoms with Gasteiger partial charge in [-0.15, -0.1) is 0 Å². The summed E-state index contributed by atoms with van der Waals surface area (Å²) in [5.41, 5.74) is 1.45. The van der Waals surface area contributed by atoms with Crippen molar-refractivity contribution in [3.63, 3.8) is 0 Å². The van der Waals surface area contributed by atoms with E-state index in [9.17, 15) is 4.79 Å². The first-order valence-corrected chi connectivity index (χ1v) is 7.82. The lowest BCUT2D eigenvalue weighted by atomic mass is 10.2. The van der Waals surface area contributed by atoms with Crippen LogP contribution in [0.25, 0.3) is 10.9 Å². The molecule has 22 heavy (non-hydrogen) atoms. The second-order valence-corrected chi connectivity index (χ2v) is 5.80. The third-order valence-electron chi connectivity index (χ3n) is 3.31. The molecule has 2 aromatic heterocycles. The summed E-state index contributed by atoms with van der Waals surface area (Å²) in [7, 11) is 1.36. The fourth-order valence-electron chi connectivity index (χ4n) is 2.20. The van der Waals surface area contributed by atoms with Gasteiger partial charge in [-0.2, -0.15) is 0 Å². The zero-order chi connectivity index (χ0) is 15.5. The molecule has 0 fully saturated rings. The topological polar surface area (TPSA) is 52.3 Å². The number of aryl methyl sites for hydroxylation is 1. The number of carbonyl (C=O) groups is 1. The van der Waals surface area contributed by atoms with Crippen LogP contribution in [0.4, 0.5) is 0 Å². The predicted octanol–water partition coefficient (Wildman–Crippen LogP) is 4.22. The Labute approximate surface area is 132 Å². The SMILES string of the molecule is COC(=O)c1cc(CSc2ccc3ccccc3n2)oc1C. The number of esters is 1. The summed E-state index contributed by atoms with van der Waals surface area (Å²) >= 11 is 1.57. The number of thioether (sulfide) groups is 1. The third kappa shape index (κ3) is 2.99. The van der Waals surface area contributed by atoms with Crippen molar-refractivity contribution in [2.75, 3.05) is 7.11 Å². The first-order chi connectivity index (χ1) is 10.7. The molecular formula is C17H15NO3S. The van der Waals surface area contributed by atoms with Crippen LogP contribution in [0, 0.1) is 6.92 Å². The molecule has 0 saturated heterocycles. The van der Waals surface area contributed by atoms with E-state index in [0.29, 0.717) is 17.1 Å². The molecule has 0 aliphatic rings. The summed E-state index contributed by atoms with van der Waals surface area (Å²) < 4.78 is 10.3. The smallest absolute Gasteiger partial charge is 0.341 e. The summed E-state index contributed by atoms with van der Waals surface area (Å²) in [5, 5.41) is 2.04. The maximum atomic E-state index is 11.6. The molecule has 0 atom stereocenters. The van der Waals surface area contributed by atoms with Crippen molar-refractivity contribution in [1.82, 2.24) is 4.98 Å². The molecular weight excluding hydrogens is 298 g/mol. The van der Waals surface area contributed by atoms with Gasteiger partial charge in [-0.05, 0) is 25.1 Å². The Bertz CT molecular complexity index is 826. The van der Waals surface area contributed by atoms with Crippen molar-refractivity contribution in [3.8, 4) is 0 Å². The summed E-state index contributed by atoms with van der Waals surface area (Å²) in [5.74, 6) is 1.55. The number of hydrogen-bond donors (Lipinski definition) is 0. The molecule has 0 aliphatic heterocycles. The van der Waals surface area contributed by atoms with Crippen LogP contribution < -0.4 is 0 Å². The van der Waals surface area contributed by atoms with E-state index in [2.05, 4.69) is 11.1 Å². The number of aromatic nitrogens is 1. The molecule has 0 spiro atoms. The molecule has 0 bridgehead atoms. The van der Waals surface area contributed by atoms with Crippen molar-refractivity contribution < 1.29 is 13.9 Å². The van der Waals surface area contributed by atoms with E-state index in [1.54, 1.807) is 24.8 Å². The maximum absolute atomic E-state index is 11.6. The van der Waals surface area contributed by atoms with E-state index in [1.807, 2.05) is 30.3 Å². The van der Waals surface area contributed by atoms with Crippen LogP contribution in [0.2, 0.25) is 0 Å². The fourth-order valence-corrected chi connectivity index (χ4v) is 2.96. The standard InChI is InChI=1S/C17H15NO3S/c1-11-14(17(19)20-2)9-13(21-11)10-22-16-8-7-12-5-3-4-6-15(12)18-16/h3-9H,10H2,1-2H3. The van der Waals surface area contributed by atoms with Crippen molar-refractivity contribution in [2.24, 2.45) is 0 Å². The molecule has 112 valence electrons. The summed E-state index contributed by atoms with van der Waals surface area (Å²) in [4.78, 5) is 16.2. The first-order valence-electron chi connectivity index (χ1n) is 6.83. The lowest BCUT2D eigenvalue weighted by Crippen LogP contribution is -2.00. The fraction of sp³-hybridized carbons (Fsp3) is 0.176. The Morgan fingerprint density at radius 1 is 1.27 bits per heavy atom. The Kier molecular flexibility index (Phi) is 4.15. The van der Waals surface area contributed by atoms with E-state index >= 15 is 0 Å². The number of pyridine rings is 1. The van der Waals surface area contributed by atoms with Gasteiger partial charge in [0.25, 0.3) is 0 Å². The Hall–Kier alpha value is -2.27. The Balaban J connectivity index is 1.75. The number of methoxy groups -OCH3 is 1. The highest BCUT2D eigenvalue weighted by molar-refractivity contribution is 7.98. The molecule has 0 N–H and O–H groups in total. The molecule has 0 unspecified atom stereocenters. The lowest BCUT2D eigenvalue weighted by molar-refractivity contribution is 0.0599.